The summed E-state index contributed by atoms with van der Waals surface area (Å²) in [6.45, 7) is 4.67. The van der Waals surface area contributed by atoms with E-state index in [9.17, 15) is 0 Å². The molecule has 2 heterocycles. The van der Waals surface area contributed by atoms with E-state index in [1.54, 1.807) is 0 Å². The van der Waals surface area contributed by atoms with Crippen LogP contribution in [-0.4, -0.2) is 47.7 Å². The molecular formula is C13H22N2OS. The number of nitrogens with zero attached hydrogens (tertiary/aromatic N) is 2. The molecule has 0 radical (unpaired) electrons. The van der Waals surface area contributed by atoms with Crippen molar-refractivity contribution >= 4 is 11.8 Å². The predicted octanol–water partition coefficient (Wildman–Crippen LogP) is 2.28. The number of nitriles is 1. The molecule has 0 aromatic rings. The molecule has 2 fully saturated rings. The van der Waals surface area contributed by atoms with Crippen LogP contribution in [0, 0.1) is 11.3 Å². The van der Waals surface area contributed by atoms with Crippen molar-refractivity contribution in [1.29, 1.82) is 5.26 Å². The highest BCUT2D eigenvalue weighted by molar-refractivity contribution is 7.99. The van der Waals surface area contributed by atoms with Gasteiger partial charge in [0, 0.05) is 18.4 Å². The second-order valence-corrected chi connectivity index (χ2v) is 6.21. The van der Waals surface area contributed by atoms with Crippen LogP contribution in [0.1, 0.15) is 32.6 Å². The molecule has 2 aliphatic rings. The summed E-state index contributed by atoms with van der Waals surface area (Å²) in [7, 11) is 0. The van der Waals surface area contributed by atoms with Gasteiger partial charge in [-0.2, -0.15) is 17.0 Å². The van der Waals surface area contributed by atoms with Crippen molar-refractivity contribution in [3.05, 3.63) is 0 Å². The smallest absolute Gasteiger partial charge is 0.0868 e. The number of hydrogen-bond acceptors (Lipinski definition) is 4. The Labute approximate surface area is 108 Å². The lowest BCUT2D eigenvalue weighted by molar-refractivity contribution is -0.0880. The summed E-state index contributed by atoms with van der Waals surface area (Å²) in [5.74, 6) is 2.38. The lowest BCUT2D eigenvalue weighted by Crippen LogP contribution is -2.49. The first-order valence-corrected chi connectivity index (χ1v) is 7.78. The Hall–Kier alpha value is -0.240. The average molecular weight is 254 g/mol. The molecule has 0 amide bonds. The van der Waals surface area contributed by atoms with Crippen molar-refractivity contribution < 1.29 is 4.74 Å². The molecule has 0 bridgehead atoms. The van der Waals surface area contributed by atoms with Gasteiger partial charge in [0.25, 0.3) is 0 Å². The molecule has 1 spiro atoms. The minimum atomic E-state index is 0.134. The first-order valence-electron chi connectivity index (χ1n) is 6.62. The second-order valence-electron chi connectivity index (χ2n) is 5.11. The molecular weight excluding hydrogens is 232 g/mol. The van der Waals surface area contributed by atoms with Crippen LogP contribution < -0.4 is 0 Å². The van der Waals surface area contributed by atoms with Crippen LogP contribution in [0.3, 0.4) is 0 Å². The zero-order valence-corrected chi connectivity index (χ0v) is 11.5. The van der Waals surface area contributed by atoms with E-state index in [-0.39, 0.29) is 5.60 Å². The highest BCUT2D eigenvalue weighted by Gasteiger charge is 2.41. The van der Waals surface area contributed by atoms with E-state index in [2.05, 4.69) is 17.9 Å². The van der Waals surface area contributed by atoms with Gasteiger partial charge >= 0.3 is 0 Å². The van der Waals surface area contributed by atoms with E-state index >= 15 is 0 Å². The Balaban J connectivity index is 1.97. The molecule has 96 valence electrons. The minimum absolute atomic E-state index is 0.134. The molecule has 0 aromatic heterocycles. The van der Waals surface area contributed by atoms with Crippen molar-refractivity contribution in [2.75, 3.05) is 31.2 Å². The molecule has 17 heavy (non-hydrogen) atoms. The van der Waals surface area contributed by atoms with Crippen molar-refractivity contribution in [1.82, 2.24) is 4.90 Å². The van der Waals surface area contributed by atoms with Crippen LogP contribution >= 0.6 is 11.8 Å². The van der Waals surface area contributed by atoms with E-state index in [1.807, 2.05) is 11.8 Å². The van der Waals surface area contributed by atoms with Crippen LogP contribution in [-0.2, 0) is 4.74 Å². The topological polar surface area (TPSA) is 36.3 Å². The zero-order valence-electron chi connectivity index (χ0n) is 10.7. The van der Waals surface area contributed by atoms with Gasteiger partial charge in [0.15, 0.2) is 0 Å². The maximum atomic E-state index is 8.92. The van der Waals surface area contributed by atoms with Crippen LogP contribution in [0.2, 0.25) is 0 Å². The lowest BCUT2D eigenvalue weighted by atomic mass is 9.89. The Kier molecular flexibility index (Phi) is 4.72. The fourth-order valence-corrected chi connectivity index (χ4v) is 4.32. The average Bonchev–Trinajstić information content (AvgIpc) is 2.77. The third-order valence-electron chi connectivity index (χ3n) is 3.84. The van der Waals surface area contributed by atoms with Gasteiger partial charge in [-0.1, -0.05) is 6.92 Å². The summed E-state index contributed by atoms with van der Waals surface area (Å²) >= 11 is 2.01. The Morgan fingerprint density at radius 2 is 2.47 bits per heavy atom. The monoisotopic (exact) mass is 254 g/mol. The minimum Gasteiger partial charge on any atom is -0.374 e. The molecule has 0 saturated carbocycles. The SMILES string of the molecule is CCCN(CC#N)C1CCOC2(CCSC2)C1. The van der Waals surface area contributed by atoms with E-state index < -0.39 is 0 Å². The summed E-state index contributed by atoms with van der Waals surface area (Å²) in [6.07, 6.45) is 4.54. The van der Waals surface area contributed by atoms with Crippen LogP contribution in [0.25, 0.3) is 0 Å². The Bertz CT molecular complexity index is 284. The first-order chi connectivity index (χ1) is 8.29. The van der Waals surface area contributed by atoms with Crippen molar-refractivity contribution in [3.8, 4) is 6.07 Å². The van der Waals surface area contributed by atoms with E-state index in [1.165, 1.54) is 12.2 Å². The fraction of sp³-hybridized carbons (Fsp3) is 0.923. The third kappa shape index (κ3) is 3.15. The molecule has 2 atom stereocenters. The van der Waals surface area contributed by atoms with Gasteiger partial charge < -0.3 is 4.74 Å². The number of rotatable bonds is 4. The van der Waals surface area contributed by atoms with E-state index in [0.29, 0.717) is 12.6 Å². The number of hydrogen-bond donors (Lipinski definition) is 0. The molecule has 0 aliphatic carbocycles. The normalized spacial score (nSPS) is 33.1. The molecule has 4 heteroatoms. The molecule has 2 rings (SSSR count). The van der Waals surface area contributed by atoms with Gasteiger partial charge in [-0.3, -0.25) is 4.90 Å². The second kappa shape index (κ2) is 6.08. The van der Waals surface area contributed by atoms with Crippen LogP contribution in [0.5, 0.6) is 0 Å². The van der Waals surface area contributed by atoms with E-state index in [4.69, 9.17) is 10.00 Å². The maximum absolute atomic E-state index is 8.92. The molecule has 2 unspecified atom stereocenters. The van der Waals surface area contributed by atoms with Crippen molar-refractivity contribution in [2.45, 2.75) is 44.2 Å². The third-order valence-corrected chi connectivity index (χ3v) is 5.06. The van der Waals surface area contributed by atoms with Gasteiger partial charge in [-0.25, -0.2) is 0 Å². The van der Waals surface area contributed by atoms with Gasteiger partial charge in [-0.05, 0) is 38.0 Å². The summed E-state index contributed by atoms with van der Waals surface area (Å²) in [5.41, 5.74) is 0.134. The van der Waals surface area contributed by atoms with Gasteiger partial charge in [0.2, 0.25) is 0 Å². The summed E-state index contributed by atoms with van der Waals surface area (Å²) in [4.78, 5) is 2.35. The van der Waals surface area contributed by atoms with Crippen molar-refractivity contribution in [2.24, 2.45) is 0 Å². The molecule has 3 nitrogen and oxygen atoms in total. The standard InChI is InChI=1S/C13H22N2OS/c1-2-6-15(7-5-14)12-3-8-16-13(10-12)4-9-17-11-13/h12H,2-4,6-11H2,1H3. The molecule has 2 aliphatic heterocycles. The van der Waals surface area contributed by atoms with Crippen molar-refractivity contribution in [3.63, 3.8) is 0 Å². The molecule has 0 aromatic carbocycles. The number of thioether (sulfide) groups is 1. The highest BCUT2D eigenvalue weighted by Crippen LogP contribution is 2.39. The predicted molar refractivity (Wildman–Crippen MR) is 71.1 cm³/mol. The molecule has 2 saturated heterocycles. The fourth-order valence-electron chi connectivity index (χ4n) is 2.95. The quantitative estimate of drug-likeness (QED) is 0.721. The number of ether oxygens (including phenoxy) is 1. The van der Waals surface area contributed by atoms with Gasteiger partial charge in [0.05, 0.1) is 18.2 Å². The lowest BCUT2D eigenvalue weighted by Gasteiger charge is -2.42. The van der Waals surface area contributed by atoms with Crippen LogP contribution in [0.15, 0.2) is 0 Å². The maximum Gasteiger partial charge on any atom is 0.0868 e. The van der Waals surface area contributed by atoms with E-state index in [0.717, 1.165) is 38.2 Å². The highest BCUT2D eigenvalue weighted by atomic mass is 32.2. The Morgan fingerprint density at radius 3 is 3.12 bits per heavy atom. The van der Waals surface area contributed by atoms with Gasteiger partial charge in [0.1, 0.15) is 0 Å². The van der Waals surface area contributed by atoms with Gasteiger partial charge in [-0.15, -0.1) is 0 Å². The first kappa shape index (κ1) is 13.2. The molecule has 0 N–H and O–H groups in total. The Morgan fingerprint density at radius 1 is 1.59 bits per heavy atom. The summed E-state index contributed by atoms with van der Waals surface area (Å²) in [5, 5.41) is 8.92. The van der Waals surface area contributed by atoms with Crippen LogP contribution in [0.4, 0.5) is 0 Å². The zero-order chi connectivity index (χ0) is 12.1. The summed E-state index contributed by atoms with van der Waals surface area (Å²) < 4.78 is 6.03. The largest absolute Gasteiger partial charge is 0.374 e. The summed E-state index contributed by atoms with van der Waals surface area (Å²) in [6, 6.07) is 2.87.